The van der Waals surface area contributed by atoms with Crippen molar-refractivity contribution in [1.29, 1.82) is 0 Å². The van der Waals surface area contributed by atoms with Gasteiger partial charge in [0, 0.05) is 24.2 Å². The fourth-order valence-corrected chi connectivity index (χ4v) is 3.60. The van der Waals surface area contributed by atoms with Crippen molar-refractivity contribution >= 4 is 27.5 Å². The summed E-state index contributed by atoms with van der Waals surface area (Å²) in [7, 11) is 0. The van der Waals surface area contributed by atoms with Crippen molar-refractivity contribution in [3.63, 3.8) is 0 Å². The third-order valence-corrected chi connectivity index (χ3v) is 5.33. The van der Waals surface area contributed by atoms with Crippen LogP contribution in [0.1, 0.15) is 30.7 Å². The first-order valence-corrected chi connectivity index (χ1v) is 9.52. The van der Waals surface area contributed by atoms with E-state index in [2.05, 4.69) is 33.0 Å². The molecule has 2 aromatic carbocycles. The lowest BCUT2D eigenvalue weighted by molar-refractivity contribution is -0.117. The van der Waals surface area contributed by atoms with Crippen LogP contribution in [0.15, 0.2) is 51.5 Å². The zero-order valence-electron chi connectivity index (χ0n) is 14.7. The molecule has 1 unspecified atom stereocenters. The van der Waals surface area contributed by atoms with E-state index in [1.807, 2.05) is 24.3 Å². The van der Waals surface area contributed by atoms with Crippen LogP contribution in [-0.2, 0) is 11.2 Å². The summed E-state index contributed by atoms with van der Waals surface area (Å²) >= 11 is 3.16. The van der Waals surface area contributed by atoms with Gasteiger partial charge in [0.2, 0.25) is 17.6 Å². The van der Waals surface area contributed by atoms with Crippen LogP contribution in [0.3, 0.4) is 0 Å². The molecule has 0 spiro atoms. The van der Waals surface area contributed by atoms with E-state index in [4.69, 9.17) is 4.52 Å². The van der Waals surface area contributed by atoms with E-state index in [0.717, 1.165) is 12.1 Å². The third kappa shape index (κ3) is 3.51. The highest BCUT2D eigenvalue weighted by atomic mass is 79.9. The largest absolute Gasteiger partial charge is 0.339 e. The molecule has 1 fully saturated rings. The molecule has 4 rings (SSSR count). The number of aryl methyl sites for hydroxylation is 1. The lowest BCUT2D eigenvalue weighted by Crippen LogP contribution is -2.24. The molecule has 7 heteroatoms. The SMILES string of the molecule is CCc1cccc(N2CC(c3nc(-c4ccc(F)c(Br)c4)no3)CC2=O)c1. The number of amides is 1. The third-order valence-electron chi connectivity index (χ3n) is 4.72. The summed E-state index contributed by atoms with van der Waals surface area (Å²) in [4.78, 5) is 18.7. The molecule has 1 atom stereocenters. The van der Waals surface area contributed by atoms with Gasteiger partial charge in [0.25, 0.3) is 0 Å². The van der Waals surface area contributed by atoms with E-state index in [1.165, 1.54) is 11.6 Å². The average Bonchev–Trinajstić information content (AvgIpc) is 3.31. The Kier molecular flexibility index (Phi) is 4.78. The van der Waals surface area contributed by atoms with Crippen LogP contribution in [0.4, 0.5) is 10.1 Å². The lowest BCUT2D eigenvalue weighted by atomic mass is 10.1. The van der Waals surface area contributed by atoms with E-state index in [1.54, 1.807) is 17.0 Å². The summed E-state index contributed by atoms with van der Waals surface area (Å²) in [5.41, 5.74) is 2.73. The molecule has 1 aliphatic heterocycles. The summed E-state index contributed by atoms with van der Waals surface area (Å²) in [6.45, 7) is 2.59. The number of rotatable bonds is 4. The van der Waals surface area contributed by atoms with Crippen LogP contribution in [0.25, 0.3) is 11.4 Å². The molecule has 3 aromatic rings. The highest BCUT2D eigenvalue weighted by molar-refractivity contribution is 9.10. The van der Waals surface area contributed by atoms with Gasteiger partial charge in [0.1, 0.15) is 5.82 Å². The Balaban J connectivity index is 1.55. The minimum Gasteiger partial charge on any atom is -0.339 e. The van der Waals surface area contributed by atoms with Crippen LogP contribution in [-0.4, -0.2) is 22.6 Å². The molecule has 2 heterocycles. The van der Waals surface area contributed by atoms with Gasteiger partial charge in [-0.3, -0.25) is 4.79 Å². The number of carbonyl (C=O) groups excluding carboxylic acids is 1. The lowest BCUT2D eigenvalue weighted by Gasteiger charge is -2.16. The van der Waals surface area contributed by atoms with Crippen molar-refractivity contribution in [2.24, 2.45) is 0 Å². The van der Waals surface area contributed by atoms with Gasteiger partial charge in [-0.1, -0.05) is 24.2 Å². The number of halogens is 2. The maximum absolute atomic E-state index is 13.4. The van der Waals surface area contributed by atoms with Gasteiger partial charge < -0.3 is 9.42 Å². The summed E-state index contributed by atoms with van der Waals surface area (Å²) in [5.74, 6) is 0.330. The van der Waals surface area contributed by atoms with E-state index >= 15 is 0 Å². The second-order valence-electron chi connectivity index (χ2n) is 6.51. The normalized spacial score (nSPS) is 16.9. The molecule has 0 bridgehead atoms. The Labute approximate surface area is 164 Å². The average molecular weight is 430 g/mol. The van der Waals surface area contributed by atoms with Crippen LogP contribution in [0, 0.1) is 5.82 Å². The molecule has 5 nitrogen and oxygen atoms in total. The second kappa shape index (κ2) is 7.23. The molecule has 1 amide bonds. The molecular weight excluding hydrogens is 413 g/mol. The molecule has 0 saturated carbocycles. The number of hydrogen-bond donors (Lipinski definition) is 0. The van der Waals surface area contributed by atoms with E-state index < -0.39 is 0 Å². The fourth-order valence-electron chi connectivity index (χ4n) is 3.22. The van der Waals surface area contributed by atoms with Crippen molar-refractivity contribution in [2.75, 3.05) is 11.4 Å². The van der Waals surface area contributed by atoms with Crippen LogP contribution < -0.4 is 4.90 Å². The summed E-state index contributed by atoms with van der Waals surface area (Å²) in [6.07, 6.45) is 1.24. The topological polar surface area (TPSA) is 59.2 Å². The zero-order chi connectivity index (χ0) is 19.0. The van der Waals surface area contributed by atoms with Gasteiger partial charge in [-0.25, -0.2) is 4.39 Å². The predicted molar refractivity (Wildman–Crippen MR) is 103 cm³/mol. The molecule has 0 radical (unpaired) electrons. The predicted octanol–water partition coefficient (Wildman–Crippen LogP) is 4.72. The first-order valence-electron chi connectivity index (χ1n) is 8.73. The Bertz CT molecular complexity index is 1000. The van der Waals surface area contributed by atoms with Gasteiger partial charge in [-0.05, 0) is 58.2 Å². The quantitative estimate of drug-likeness (QED) is 0.601. The maximum atomic E-state index is 13.4. The minimum absolute atomic E-state index is 0.0394. The highest BCUT2D eigenvalue weighted by Gasteiger charge is 2.35. The number of anilines is 1. The second-order valence-corrected chi connectivity index (χ2v) is 7.37. The standard InChI is InChI=1S/C20H17BrFN3O2/c1-2-12-4-3-5-15(8-12)25-11-14(10-18(25)26)20-23-19(24-27-20)13-6-7-17(22)16(21)9-13/h3-9,14H,2,10-11H2,1H3. The summed E-state index contributed by atoms with van der Waals surface area (Å²) in [5, 5.41) is 3.99. The van der Waals surface area contributed by atoms with E-state index in [9.17, 15) is 9.18 Å². The Morgan fingerprint density at radius 2 is 2.15 bits per heavy atom. The molecule has 1 aliphatic rings. The number of aromatic nitrogens is 2. The zero-order valence-corrected chi connectivity index (χ0v) is 16.2. The summed E-state index contributed by atoms with van der Waals surface area (Å²) < 4.78 is 19.2. The number of benzene rings is 2. The van der Waals surface area contributed by atoms with Crippen LogP contribution in [0.5, 0.6) is 0 Å². The number of carbonyl (C=O) groups is 1. The summed E-state index contributed by atoms with van der Waals surface area (Å²) in [6, 6.07) is 12.5. The minimum atomic E-state index is -0.353. The van der Waals surface area contributed by atoms with E-state index in [0.29, 0.717) is 34.7 Å². The van der Waals surface area contributed by atoms with Crippen molar-refractivity contribution in [2.45, 2.75) is 25.7 Å². The first kappa shape index (κ1) is 17.9. The molecule has 0 aliphatic carbocycles. The molecule has 138 valence electrons. The van der Waals surface area contributed by atoms with Gasteiger partial charge in [-0.2, -0.15) is 4.98 Å². The van der Waals surface area contributed by atoms with Crippen molar-refractivity contribution in [3.05, 3.63) is 64.2 Å². The van der Waals surface area contributed by atoms with Crippen molar-refractivity contribution in [1.82, 2.24) is 10.1 Å². The van der Waals surface area contributed by atoms with Gasteiger partial charge >= 0.3 is 0 Å². The number of nitrogens with zero attached hydrogens (tertiary/aromatic N) is 3. The maximum Gasteiger partial charge on any atom is 0.232 e. The number of hydrogen-bond acceptors (Lipinski definition) is 4. The molecule has 1 aromatic heterocycles. The molecule has 0 N–H and O–H groups in total. The highest BCUT2D eigenvalue weighted by Crippen LogP contribution is 2.32. The van der Waals surface area contributed by atoms with Gasteiger partial charge in [0.05, 0.1) is 10.4 Å². The van der Waals surface area contributed by atoms with Crippen LogP contribution >= 0.6 is 15.9 Å². The Morgan fingerprint density at radius 3 is 2.93 bits per heavy atom. The van der Waals surface area contributed by atoms with Gasteiger partial charge in [-0.15, -0.1) is 0 Å². The fraction of sp³-hybridized carbons (Fsp3) is 0.250. The van der Waals surface area contributed by atoms with Crippen molar-refractivity contribution < 1.29 is 13.7 Å². The molecular formula is C20H17BrFN3O2. The molecule has 1 saturated heterocycles. The van der Waals surface area contributed by atoms with Gasteiger partial charge in [0.15, 0.2) is 0 Å². The monoisotopic (exact) mass is 429 g/mol. The smallest absolute Gasteiger partial charge is 0.232 e. The van der Waals surface area contributed by atoms with Crippen LogP contribution in [0.2, 0.25) is 0 Å². The molecule has 27 heavy (non-hydrogen) atoms. The first-order chi connectivity index (χ1) is 13.0. The van der Waals surface area contributed by atoms with Crippen molar-refractivity contribution in [3.8, 4) is 11.4 Å². The Hall–Kier alpha value is -2.54. The Morgan fingerprint density at radius 1 is 1.30 bits per heavy atom. The van der Waals surface area contributed by atoms with E-state index in [-0.39, 0.29) is 17.6 Å².